The molecule has 3 aromatic rings. The molecule has 0 fully saturated rings. The van der Waals surface area contributed by atoms with E-state index < -0.39 is 0 Å². The number of ether oxygens (including phenoxy) is 2. The molecule has 0 aliphatic rings. The first-order valence-corrected chi connectivity index (χ1v) is 10.2. The summed E-state index contributed by atoms with van der Waals surface area (Å²) >= 11 is 0. The molecule has 0 saturated heterocycles. The van der Waals surface area contributed by atoms with E-state index in [0.717, 1.165) is 12.2 Å². The van der Waals surface area contributed by atoms with Crippen LogP contribution in [0.2, 0.25) is 0 Å². The van der Waals surface area contributed by atoms with Crippen molar-refractivity contribution in [2.45, 2.75) is 19.4 Å². The van der Waals surface area contributed by atoms with Crippen LogP contribution in [0, 0.1) is 0 Å². The molecule has 0 aromatic heterocycles. The molecule has 1 amide bonds. The molecule has 0 heterocycles. The molecule has 2 N–H and O–H groups in total. The maximum absolute atomic E-state index is 12.5. The maximum atomic E-state index is 12.5. The van der Waals surface area contributed by atoms with Crippen LogP contribution >= 0.6 is 0 Å². The molecule has 0 bridgehead atoms. The summed E-state index contributed by atoms with van der Waals surface area (Å²) in [5.74, 6) is 1.32. The lowest BCUT2D eigenvalue weighted by Crippen LogP contribution is -2.31. The lowest BCUT2D eigenvalue weighted by atomic mass is 10.0. The summed E-state index contributed by atoms with van der Waals surface area (Å²) in [6.45, 7) is 3.12. The van der Waals surface area contributed by atoms with Crippen LogP contribution in [0.25, 0.3) is 0 Å². The van der Waals surface area contributed by atoms with E-state index in [4.69, 9.17) is 9.47 Å². The van der Waals surface area contributed by atoms with Crippen molar-refractivity contribution >= 4 is 11.6 Å². The van der Waals surface area contributed by atoms with Crippen molar-refractivity contribution in [2.24, 2.45) is 0 Å². The number of hydrogen-bond donors (Lipinski definition) is 2. The number of para-hydroxylation sites is 3. The monoisotopic (exact) mass is 404 g/mol. The molecule has 30 heavy (non-hydrogen) atoms. The topological polar surface area (TPSA) is 59.6 Å². The van der Waals surface area contributed by atoms with Gasteiger partial charge in [-0.2, -0.15) is 0 Å². The zero-order valence-electron chi connectivity index (χ0n) is 17.2. The molecule has 3 rings (SSSR count). The van der Waals surface area contributed by atoms with Crippen molar-refractivity contribution < 1.29 is 14.3 Å². The van der Waals surface area contributed by atoms with E-state index in [0.29, 0.717) is 24.7 Å². The lowest BCUT2D eigenvalue weighted by molar-refractivity contribution is -0.115. The lowest BCUT2D eigenvalue weighted by Gasteiger charge is -2.18. The van der Waals surface area contributed by atoms with Crippen LogP contribution in [0.3, 0.4) is 0 Å². The zero-order chi connectivity index (χ0) is 21.0. The number of anilines is 1. The Morgan fingerprint density at radius 2 is 1.47 bits per heavy atom. The molecule has 1 atom stereocenters. The van der Waals surface area contributed by atoms with Crippen LogP contribution in [-0.2, 0) is 4.79 Å². The fourth-order valence-electron chi connectivity index (χ4n) is 3.12. The zero-order valence-corrected chi connectivity index (χ0v) is 17.2. The quantitative estimate of drug-likeness (QED) is 0.450. The van der Waals surface area contributed by atoms with Crippen molar-refractivity contribution in [3.05, 3.63) is 90.5 Å². The SMILES string of the molecule is CCC(NCC(=O)Nc1ccccc1OCCOc1ccccc1)c1ccccc1. The Balaban J connectivity index is 1.48. The number of rotatable bonds is 11. The molecule has 0 spiro atoms. The minimum absolute atomic E-state index is 0.110. The van der Waals surface area contributed by atoms with Gasteiger partial charge in [0.15, 0.2) is 0 Å². The maximum Gasteiger partial charge on any atom is 0.238 e. The Bertz CT molecular complexity index is 901. The third kappa shape index (κ3) is 6.64. The second kappa shape index (κ2) is 11.6. The third-order valence-electron chi connectivity index (χ3n) is 4.63. The normalized spacial score (nSPS) is 11.5. The molecule has 5 nitrogen and oxygen atoms in total. The number of hydrogen-bond acceptors (Lipinski definition) is 4. The molecule has 0 radical (unpaired) electrons. The number of carbonyl (C=O) groups is 1. The molecule has 1 unspecified atom stereocenters. The first-order valence-electron chi connectivity index (χ1n) is 10.2. The second-order valence-corrected chi connectivity index (χ2v) is 6.81. The second-order valence-electron chi connectivity index (χ2n) is 6.81. The van der Waals surface area contributed by atoms with Gasteiger partial charge < -0.3 is 20.1 Å². The Morgan fingerprint density at radius 1 is 0.833 bits per heavy atom. The molecule has 0 saturated carbocycles. The predicted molar refractivity (Wildman–Crippen MR) is 120 cm³/mol. The minimum Gasteiger partial charge on any atom is -0.490 e. The van der Waals surface area contributed by atoms with Crippen molar-refractivity contribution in [3.8, 4) is 11.5 Å². The average molecular weight is 405 g/mol. The fraction of sp³-hybridized carbons (Fsp3) is 0.240. The molecule has 0 aliphatic carbocycles. The van der Waals surface area contributed by atoms with Crippen LogP contribution in [0.5, 0.6) is 11.5 Å². The highest BCUT2D eigenvalue weighted by Crippen LogP contribution is 2.24. The highest BCUT2D eigenvalue weighted by molar-refractivity contribution is 5.93. The largest absolute Gasteiger partial charge is 0.490 e. The van der Waals surface area contributed by atoms with E-state index in [1.807, 2.05) is 72.8 Å². The molecular weight excluding hydrogens is 376 g/mol. The van der Waals surface area contributed by atoms with Crippen molar-refractivity contribution in [3.63, 3.8) is 0 Å². The van der Waals surface area contributed by atoms with E-state index >= 15 is 0 Å². The molecule has 3 aromatic carbocycles. The molecule has 156 valence electrons. The van der Waals surface area contributed by atoms with Crippen LogP contribution in [0.15, 0.2) is 84.9 Å². The van der Waals surface area contributed by atoms with Crippen molar-refractivity contribution in [2.75, 3.05) is 25.1 Å². The standard InChI is InChI=1S/C25H28N2O3/c1-2-22(20-11-5-3-6-12-20)26-19-25(28)27-23-15-9-10-16-24(23)30-18-17-29-21-13-7-4-8-14-21/h3-16,22,26H,2,17-19H2,1H3,(H,27,28). The summed E-state index contributed by atoms with van der Waals surface area (Å²) in [4.78, 5) is 12.5. The van der Waals surface area contributed by atoms with E-state index in [1.165, 1.54) is 5.56 Å². The first kappa shape index (κ1) is 21.4. The summed E-state index contributed by atoms with van der Waals surface area (Å²) in [6.07, 6.45) is 0.901. The van der Waals surface area contributed by atoms with Gasteiger partial charge in [0, 0.05) is 6.04 Å². The third-order valence-corrected chi connectivity index (χ3v) is 4.63. The summed E-state index contributed by atoms with van der Waals surface area (Å²) in [7, 11) is 0. The molecular formula is C25H28N2O3. The van der Waals surface area contributed by atoms with E-state index in [1.54, 1.807) is 0 Å². The van der Waals surface area contributed by atoms with Crippen LogP contribution in [0.4, 0.5) is 5.69 Å². The van der Waals surface area contributed by atoms with Crippen LogP contribution in [-0.4, -0.2) is 25.7 Å². The fourth-order valence-corrected chi connectivity index (χ4v) is 3.12. The Morgan fingerprint density at radius 3 is 2.20 bits per heavy atom. The summed E-state index contributed by atoms with van der Waals surface area (Å²) in [6, 6.07) is 27.3. The predicted octanol–water partition coefficient (Wildman–Crippen LogP) is 4.82. The van der Waals surface area contributed by atoms with Gasteiger partial charge in [0.1, 0.15) is 24.7 Å². The number of nitrogens with one attached hydrogen (secondary N) is 2. The Hall–Kier alpha value is -3.31. The Labute approximate surface area is 178 Å². The summed E-state index contributed by atoms with van der Waals surface area (Å²) in [5.41, 5.74) is 1.83. The van der Waals surface area contributed by atoms with Crippen LogP contribution < -0.4 is 20.1 Å². The number of amides is 1. The van der Waals surface area contributed by atoms with Gasteiger partial charge >= 0.3 is 0 Å². The highest BCUT2D eigenvalue weighted by Gasteiger charge is 2.12. The Kier molecular flexibility index (Phi) is 8.30. The van der Waals surface area contributed by atoms with Gasteiger partial charge in [-0.1, -0.05) is 67.6 Å². The highest BCUT2D eigenvalue weighted by atomic mass is 16.5. The van der Waals surface area contributed by atoms with Gasteiger partial charge in [0.2, 0.25) is 5.91 Å². The van der Waals surface area contributed by atoms with Crippen molar-refractivity contribution in [1.29, 1.82) is 0 Å². The minimum atomic E-state index is -0.110. The summed E-state index contributed by atoms with van der Waals surface area (Å²) in [5, 5.41) is 6.26. The van der Waals surface area contributed by atoms with Crippen molar-refractivity contribution in [1.82, 2.24) is 5.32 Å². The first-order chi connectivity index (χ1) is 14.8. The van der Waals surface area contributed by atoms with E-state index in [9.17, 15) is 4.79 Å². The number of benzene rings is 3. The van der Waals surface area contributed by atoms with E-state index in [-0.39, 0.29) is 18.5 Å². The smallest absolute Gasteiger partial charge is 0.238 e. The summed E-state index contributed by atoms with van der Waals surface area (Å²) < 4.78 is 11.5. The van der Waals surface area contributed by atoms with Gasteiger partial charge in [-0.3, -0.25) is 4.79 Å². The molecule has 0 aliphatic heterocycles. The van der Waals surface area contributed by atoms with Crippen LogP contribution in [0.1, 0.15) is 24.9 Å². The van der Waals surface area contributed by atoms with E-state index in [2.05, 4.69) is 29.7 Å². The van der Waals surface area contributed by atoms with Gasteiger partial charge in [-0.15, -0.1) is 0 Å². The van der Waals surface area contributed by atoms with Gasteiger partial charge in [0.25, 0.3) is 0 Å². The van der Waals surface area contributed by atoms with Gasteiger partial charge in [-0.25, -0.2) is 0 Å². The average Bonchev–Trinajstić information content (AvgIpc) is 2.79. The van der Waals surface area contributed by atoms with Gasteiger partial charge in [0.05, 0.1) is 12.2 Å². The van der Waals surface area contributed by atoms with Gasteiger partial charge in [-0.05, 0) is 36.2 Å². The molecule has 5 heteroatoms. The number of carbonyl (C=O) groups excluding carboxylic acids is 1.